The molecule has 0 saturated carbocycles. The lowest BCUT2D eigenvalue weighted by Gasteiger charge is -1.98. The fraction of sp³-hybridized carbons (Fsp3) is 0.444. The summed E-state index contributed by atoms with van der Waals surface area (Å²) >= 11 is 0. The van der Waals surface area contributed by atoms with E-state index in [9.17, 15) is 19.2 Å². The molecule has 0 aliphatic carbocycles. The first-order valence-corrected chi connectivity index (χ1v) is 8.00. The fourth-order valence-electron chi connectivity index (χ4n) is 1.90. The van der Waals surface area contributed by atoms with E-state index in [0.717, 1.165) is 36.8 Å². The van der Waals surface area contributed by atoms with Crippen LogP contribution in [-0.2, 0) is 32.3 Å². The van der Waals surface area contributed by atoms with E-state index in [1.54, 1.807) is 0 Å². The highest BCUT2D eigenvalue weighted by atomic mass is 16.1. The van der Waals surface area contributed by atoms with Crippen LogP contribution < -0.4 is 0 Å². The summed E-state index contributed by atoms with van der Waals surface area (Å²) in [5.41, 5.74) is 1.79. The molecule has 0 aliphatic heterocycles. The monoisotopic (exact) mass is 356 g/mol. The van der Waals surface area contributed by atoms with Gasteiger partial charge < -0.3 is 0 Å². The van der Waals surface area contributed by atoms with Gasteiger partial charge in [0.1, 0.15) is 0 Å². The maximum Gasteiger partial charge on any atom is 0.235 e. The van der Waals surface area contributed by atoms with Gasteiger partial charge in [0.25, 0.3) is 0 Å². The second-order valence-electron chi connectivity index (χ2n) is 5.00. The van der Waals surface area contributed by atoms with Gasteiger partial charge in [-0.1, -0.05) is 37.1 Å². The van der Waals surface area contributed by atoms with E-state index in [2.05, 4.69) is 20.0 Å². The lowest BCUT2D eigenvalue weighted by atomic mass is 10.1. The Labute approximate surface area is 151 Å². The van der Waals surface area contributed by atoms with Gasteiger partial charge in [-0.05, 0) is 24.0 Å². The van der Waals surface area contributed by atoms with Gasteiger partial charge in [-0.25, -0.2) is 39.1 Å². The number of benzene rings is 1. The zero-order chi connectivity index (χ0) is 19.3. The third-order valence-corrected chi connectivity index (χ3v) is 3.06. The van der Waals surface area contributed by atoms with Crippen LogP contribution in [0.5, 0.6) is 0 Å². The van der Waals surface area contributed by atoms with E-state index in [-0.39, 0.29) is 0 Å². The molecule has 8 nitrogen and oxygen atoms in total. The maximum absolute atomic E-state index is 9.87. The molecule has 0 spiro atoms. The first-order chi connectivity index (χ1) is 12.8. The molecule has 136 valence electrons. The SMILES string of the molecule is O=C=NCCCCCCN=C=O.O=C=NCc1cccc(CN=C=O)c1. The Balaban J connectivity index is 0.000000488. The van der Waals surface area contributed by atoms with Crippen molar-refractivity contribution in [2.75, 3.05) is 13.1 Å². The van der Waals surface area contributed by atoms with Gasteiger partial charge in [-0.3, -0.25) is 0 Å². The predicted molar refractivity (Wildman–Crippen MR) is 94.5 cm³/mol. The van der Waals surface area contributed by atoms with Crippen LogP contribution in [0.15, 0.2) is 44.2 Å². The molecule has 1 aromatic carbocycles. The second kappa shape index (κ2) is 18.1. The van der Waals surface area contributed by atoms with E-state index < -0.39 is 0 Å². The standard InChI is InChI=1S/C10H8N2O2.C8H12N2O2/c13-7-11-5-9-2-1-3-10(4-9)6-12-8-14;11-7-9-5-3-1-2-4-6-10-8-12/h1-4H,5-6H2;1-6H2. The molecule has 0 aliphatic rings. The molecule has 0 aromatic heterocycles. The molecular formula is C18H20N4O4. The highest BCUT2D eigenvalue weighted by Gasteiger charge is 1.94. The van der Waals surface area contributed by atoms with Gasteiger partial charge in [-0.2, -0.15) is 0 Å². The summed E-state index contributed by atoms with van der Waals surface area (Å²) < 4.78 is 0. The summed E-state index contributed by atoms with van der Waals surface area (Å²) in [6.45, 7) is 1.73. The largest absolute Gasteiger partial charge is 0.235 e. The second-order valence-corrected chi connectivity index (χ2v) is 5.00. The lowest BCUT2D eigenvalue weighted by Crippen LogP contribution is -1.85. The Morgan fingerprint density at radius 3 is 1.42 bits per heavy atom. The minimum atomic E-state index is 0.308. The molecule has 0 radical (unpaired) electrons. The number of hydrogen-bond acceptors (Lipinski definition) is 8. The Morgan fingerprint density at radius 1 is 0.615 bits per heavy atom. The van der Waals surface area contributed by atoms with Crippen LogP contribution >= 0.6 is 0 Å². The van der Waals surface area contributed by atoms with Crippen molar-refractivity contribution in [1.82, 2.24) is 0 Å². The van der Waals surface area contributed by atoms with E-state index in [1.807, 2.05) is 24.3 Å². The highest BCUT2D eigenvalue weighted by Crippen LogP contribution is 2.07. The molecule has 0 heterocycles. The zero-order valence-electron chi connectivity index (χ0n) is 14.4. The van der Waals surface area contributed by atoms with Crippen molar-refractivity contribution in [3.8, 4) is 0 Å². The first kappa shape index (κ1) is 22.7. The molecule has 0 bridgehead atoms. The van der Waals surface area contributed by atoms with Crippen LogP contribution in [0.2, 0.25) is 0 Å². The maximum atomic E-state index is 9.87. The summed E-state index contributed by atoms with van der Waals surface area (Å²) in [5.74, 6) is 0. The fourth-order valence-corrected chi connectivity index (χ4v) is 1.90. The van der Waals surface area contributed by atoms with Crippen molar-refractivity contribution < 1.29 is 19.2 Å². The summed E-state index contributed by atoms with van der Waals surface area (Å²) in [6, 6.07) is 7.34. The van der Waals surface area contributed by atoms with Crippen LogP contribution in [0.4, 0.5) is 0 Å². The van der Waals surface area contributed by atoms with E-state index in [0.29, 0.717) is 26.2 Å². The minimum Gasteiger partial charge on any atom is -0.211 e. The Bertz CT molecular complexity index is 652. The lowest BCUT2D eigenvalue weighted by molar-refractivity contribution is 0.558. The Morgan fingerprint density at radius 2 is 1.04 bits per heavy atom. The number of aliphatic imine (C=N–C) groups is 4. The van der Waals surface area contributed by atoms with Crippen LogP contribution in [0.25, 0.3) is 0 Å². The molecule has 0 unspecified atom stereocenters. The quantitative estimate of drug-likeness (QED) is 0.344. The van der Waals surface area contributed by atoms with E-state index >= 15 is 0 Å². The zero-order valence-corrected chi connectivity index (χ0v) is 14.4. The minimum absolute atomic E-state index is 0.308. The third kappa shape index (κ3) is 14.3. The molecule has 0 atom stereocenters. The smallest absolute Gasteiger partial charge is 0.211 e. The summed E-state index contributed by atoms with van der Waals surface area (Å²) in [4.78, 5) is 52.7. The Kier molecular flexibility index (Phi) is 15.8. The van der Waals surface area contributed by atoms with Crippen molar-refractivity contribution in [2.24, 2.45) is 20.0 Å². The number of carbonyl (C=O) groups excluding carboxylic acids is 4. The molecule has 8 heteroatoms. The van der Waals surface area contributed by atoms with Crippen LogP contribution in [-0.4, -0.2) is 37.4 Å². The number of unbranched alkanes of at least 4 members (excludes halogenated alkanes) is 3. The predicted octanol–water partition coefficient (Wildman–Crippen LogP) is 2.58. The molecule has 1 aromatic rings. The van der Waals surface area contributed by atoms with E-state index in [1.165, 1.54) is 24.3 Å². The molecule has 26 heavy (non-hydrogen) atoms. The number of nitrogens with zero attached hydrogens (tertiary/aromatic N) is 4. The first-order valence-electron chi connectivity index (χ1n) is 8.00. The van der Waals surface area contributed by atoms with Gasteiger partial charge in [-0.15, -0.1) is 0 Å². The molecule has 0 amide bonds. The topological polar surface area (TPSA) is 118 Å². The van der Waals surface area contributed by atoms with Crippen molar-refractivity contribution >= 4 is 24.3 Å². The van der Waals surface area contributed by atoms with Crippen molar-refractivity contribution in [3.63, 3.8) is 0 Å². The third-order valence-electron chi connectivity index (χ3n) is 3.06. The van der Waals surface area contributed by atoms with Crippen LogP contribution in [0.1, 0.15) is 36.8 Å². The summed E-state index contributed by atoms with van der Waals surface area (Å²) in [5, 5.41) is 0. The molecule has 0 saturated heterocycles. The normalized spacial score (nSPS) is 8.46. The van der Waals surface area contributed by atoms with Gasteiger partial charge in [0.15, 0.2) is 0 Å². The Hall–Kier alpha value is -3.26. The van der Waals surface area contributed by atoms with Crippen molar-refractivity contribution in [2.45, 2.75) is 38.8 Å². The molecule has 0 N–H and O–H groups in total. The molecule has 1 rings (SSSR count). The molecule has 0 fully saturated rings. The van der Waals surface area contributed by atoms with Gasteiger partial charge in [0.2, 0.25) is 24.3 Å². The highest BCUT2D eigenvalue weighted by molar-refractivity contribution is 5.35. The summed E-state index contributed by atoms with van der Waals surface area (Å²) in [7, 11) is 0. The summed E-state index contributed by atoms with van der Waals surface area (Å²) in [6.07, 6.45) is 9.74. The number of isocyanates is 4. The average molecular weight is 356 g/mol. The number of rotatable bonds is 11. The van der Waals surface area contributed by atoms with Crippen molar-refractivity contribution in [3.05, 3.63) is 35.4 Å². The average Bonchev–Trinajstić information content (AvgIpc) is 2.68. The van der Waals surface area contributed by atoms with Gasteiger partial charge in [0.05, 0.1) is 26.2 Å². The van der Waals surface area contributed by atoms with Crippen LogP contribution in [0.3, 0.4) is 0 Å². The van der Waals surface area contributed by atoms with Crippen LogP contribution in [0, 0.1) is 0 Å². The van der Waals surface area contributed by atoms with Crippen molar-refractivity contribution in [1.29, 1.82) is 0 Å². The van der Waals surface area contributed by atoms with Gasteiger partial charge >= 0.3 is 0 Å². The molecular weight excluding hydrogens is 336 g/mol. The van der Waals surface area contributed by atoms with Gasteiger partial charge in [0, 0.05) is 0 Å². The van der Waals surface area contributed by atoms with E-state index in [4.69, 9.17) is 0 Å². The number of hydrogen-bond donors (Lipinski definition) is 0.